The lowest BCUT2D eigenvalue weighted by molar-refractivity contribution is -0.121. The molecule has 0 aromatic heterocycles. The van der Waals surface area contributed by atoms with Crippen molar-refractivity contribution in [2.24, 2.45) is 5.92 Å². The van der Waals surface area contributed by atoms with Crippen molar-refractivity contribution in [1.82, 2.24) is 5.32 Å². The van der Waals surface area contributed by atoms with E-state index in [-0.39, 0.29) is 5.91 Å². The van der Waals surface area contributed by atoms with Crippen LogP contribution in [0.3, 0.4) is 0 Å². The summed E-state index contributed by atoms with van der Waals surface area (Å²) in [4.78, 5) is 20.7. The normalized spacial score (nSPS) is 19.3. The average molecular weight is 372 g/mol. The molecule has 0 atom stereocenters. The van der Waals surface area contributed by atoms with Gasteiger partial charge in [0.1, 0.15) is 5.75 Å². The first-order valence-electron chi connectivity index (χ1n) is 8.39. The molecule has 1 fully saturated rings. The molecule has 0 saturated heterocycles. The van der Waals surface area contributed by atoms with Crippen LogP contribution in [0.5, 0.6) is 5.75 Å². The van der Waals surface area contributed by atoms with Gasteiger partial charge in [-0.25, -0.2) is 4.79 Å². The van der Waals surface area contributed by atoms with E-state index in [1.807, 2.05) is 6.07 Å². The Hall–Kier alpha value is -1.95. The lowest BCUT2D eigenvalue weighted by Crippen LogP contribution is -2.38. The molecule has 0 unspecified atom stereocenters. The Morgan fingerprint density at radius 1 is 1.24 bits per heavy atom. The van der Waals surface area contributed by atoms with E-state index in [1.54, 1.807) is 19.2 Å². The van der Waals surface area contributed by atoms with E-state index in [2.05, 4.69) is 12.2 Å². The fourth-order valence-corrected chi connectivity index (χ4v) is 3.19. The van der Waals surface area contributed by atoms with Crippen LogP contribution in [0.25, 0.3) is 0 Å². The van der Waals surface area contributed by atoms with E-state index < -0.39 is 6.16 Å². The first kappa shape index (κ1) is 21.1. The number of carbonyl (C=O) groups is 2. The van der Waals surface area contributed by atoms with Crippen LogP contribution in [0.4, 0.5) is 4.79 Å². The summed E-state index contributed by atoms with van der Waals surface area (Å²) in [6.45, 7) is 2.25. The summed E-state index contributed by atoms with van der Waals surface area (Å²) in [7, 11) is 1.60. The summed E-state index contributed by atoms with van der Waals surface area (Å²) in [6.07, 6.45) is 4.41. The molecule has 140 valence electrons. The van der Waals surface area contributed by atoms with E-state index in [1.165, 1.54) is 19.3 Å². The Labute approximate surface area is 153 Å². The molecule has 3 N–H and O–H groups in total. The lowest BCUT2D eigenvalue weighted by atomic mass is 9.84. The molecule has 25 heavy (non-hydrogen) atoms. The topological polar surface area (TPSA) is 95.9 Å². The van der Waals surface area contributed by atoms with Crippen LogP contribution in [-0.4, -0.2) is 35.4 Å². The van der Waals surface area contributed by atoms with Gasteiger partial charge in [-0.3, -0.25) is 4.79 Å². The Bertz CT molecular complexity index is 567. The highest BCUT2D eigenvalue weighted by Crippen LogP contribution is 2.27. The zero-order chi connectivity index (χ0) is 18.8. The number of benzene rings is 1. The number of carboxylic acid groups (broad SMARTS) is 2. The van der Waals surface area contributed by atoms with Gasteiger partial charge in [-0.1, -0.05) is 31.0 Å². The number of rotatable bonds is 5. The Morgan fingerprint density at radius 2 is 1.84 bits per heavy atom. The van der Waals surface area contributed by atoms with Gasteiger partial charge in [0.25, 0.3) is 0 Å². The van der Waals surface area contributed by atoms with Gasteiger partial charge >= 0.3 is 6.16 Å². The molecule has 1 aliphatic rings. The molecule has 0 aliphatic heterocycles. The van der Waals surface area contributed by atoms with E-state index in [9.17, 15) is 4.79 Å². The quantitative estimate of drug-likeness (QED) is 0.720. The predicted molar refractivity (Wildman–Crippen MR) is 96.5 cm³/mol. The van der Waals surface area contributed by atoms with Gasteiger partial charge in [-0.2, -0.15) is 0 Å². The fourth-order valence-electron chi connectivity index (χ4n) is 3.03. The summed E-state index contributed by atoms with van der Waals surface area (Å²) in [5, 5.41) is 17.7. The first-order chi connectivity index (χ1) is 11.8. The largest absolute Gasteiger partial charge is 0.503 e. The van der Waals surface area contributed by atoms with Crippen LogP contribution in [0.2, 0.25) is 5.02 Å². The SMILES string of the molecule is CCC1CCC(NC(=O)Cc2ccc(Cl)cc2OC)CC1.O=C(O)O. The molecule has 0 radical (unpaired) electrons. The third-order valence-electron chi connectivity index (χ3n) is 4.39. The standard InChI is InChI=1S/C17H24ClNO2.CH2O3/c1-3-12-4-8-15(9-5-12)19-17(20)10-13-6-7-14(18)11-16(13)21-2;2-1(3)4/h6-7,11-12,15H,3-5,8-10H2,1-2H3,(H,19,20);(H2,2,3,4). The smallest absolute Gasteiger partial charge is 0.496 e. The van der Waals surface area contributed by atoms with Gasteiger partial charge in [-0.05, 0) is 43.7 Å². The van der Waals surface area contributed by atoms with Crippen molar-refractivity contribution in [2.75, 3.05) is 7.11 Å². The van der Waals surface area contributed by atoms with Crippen molar-refractivity contribution in [3.63, 3.8) is 0 Å². The number of ether oxygens (including phenoxy) is 1. The molecular weight excluding hydrogens is 346 g/mol. The molecule has 1 aromatic rings. The zero-order valence-corrected chi connectivity index (χ0v) is 15.4. The number of carbonyl (C=O) groups excluding carboxylic acids is 1. The Kier molecular flexibility index (Phi) is 9.13. The summed E-state index contributed by atoms with van der Waals surface area (Å²) < 4.78 is 5.28. The molecule has 1 aliphatic carbocycles. The monoisotopic (exact) mass is 371 g/mol. The van der Waals surface area contributed by atoms with E-state index >= 15 is 0 Å². The van der Waals surface area contributed by atoms with Crippen molar-refractivity contribution in [3.8, 4) is 5.75 Å². The number of hydrogen-bond donors (Lipinski definition) is 3. The summed E-state index contributed by atoms with van der Waals surface area (Å²) >= 11 is 5.93. The van der Waals surface area contributed by atoms with Gasteiger partial charge in [-0.15, -0.1) is 0 Å². The van der Waals surface area contributed by atoms with Gasteiger partial charge in [0.2, 0.25) is 5.91 Å². The highest BCUT2D eigenvalue weighted by molar-refractivity contribution is 6.30. The molecule has 2 rings (SSSR count). The lowest BCUT2D eigenvalue weighted by Gasteiger charge is -2.28. The second-order valence-electron chi connectivity index (χ2n) is 6.11. The second-order valence-corrected chi connectivity index (χ2v) is 6.55. The molecule has 1 aromatic carbocycles. The van der Waals surface area contributed by atoms with E-state index in [4.69, 9.17) is 31.3 Å². The van der Waals surface area contributed by atoms with Crippen molar-refractivity contribution >= 4 is 23.7 Å². The molecule has 6 nitrogen and oxygen atoms in total. The van der Waals surface area contributed by atoms with Crippen LogP contribution < -0.4 is 10.1 Å². The maximum absolute atomic E-state index is 12.2. The highest BCUT2D eigenvalue weighted by Gasteiger charge is 2.21. The summed E-state index contributed by atoms with van der Waals surface area (Å²) in [6, 6.07) is 5.73. The van der Waals surface area contributed by atoms with Gasteiger partial charge in [0.05, 0.1) is 13.5 Å². The number of hydrogen-bond acceptors (Lipinski definition) is 3. The minimum atomic E-state index is -1.83. The molecule has 7 heteroatoms. The molecule has 1 amide bonds. The van der Waals surface area contributed by atoms with Crippen molar-refractivity contribution < 1.29 is 24.5 Å². The Morgan fingerprint density at radius 3 is 2.36 bits per heavy atom. The number of amides is 1. The third-order valence-corrected chi connectivity index (χ3v) is 4.62. The van der Waals surface area contributed by atoms with Crippen LogP contribution in [-0.2, 0) is 11.2 Å². The minimum absolute atomic E-state index is 0.0653. The minimum Gasteiger partial charge on any atom is -0.496 e. The molecule has 0 bridgehead atoms. The van der Waals surface area contributed by atoms with Crippen LogP contribution in [0.15, 0.2) is 18.2 Å². The number of nitrogens with one attached hydrogen (secondary N) is 1. The average Bonchev–Trinajstić information content (AvgIpc) is 2.56. The molecule has 1 saturated carbocycles. The van der Waals surface area contributed by atoms with Crippen LogP contribution in [0, 0.1) is 5.92 Å². The van der Waals surface area contributed by atoms with E-state index in [0.29, 0.717) is 23.2 Å². The third kappa shape index (κ3) is 8.12. The van der Waals surface area contributed by atoms with Gasteiger partial charge in [0.15, 0.2) is 0 Å². The second kappa shape index (κ2) is 10.8. The van der Waals surface area contributed by atoms with Crippen LogP contribution in [0.1, 0.15) is 44.6 Å². The zero-order valence-electron chi connectivity index (χ0n) is 14.6. The molecule has 0 heterocycles. The maximum atomic E-state index is 12.2. The summed E-state index contributed by atoms with van der Waals surface area (Å²) in [5.74, 6) is 1.58. The van der Waals surface area contributed by atoms with Crippen molar-refractivity contribution in [2.45, 2.75) is 51.5 Å². The molecular formula is C18H26ClNO5. The summed E-state index contributed by atoms with van der Waals surface area (Å²) in [5.41, 5.74) is 0.877. The van der Waals surface area contributed by atoms with Gasteiger partial charge in [0, 0.05) is 16.6 Å². The predicted octanol–water partition coefficient (Wildman–Crippen LogP) is 4.20. The number of halogens is 1. The van der Waals surface area contributed by atoms with Crippen molar-refractivity contribution in [1.29, 1.82) is 0 Å². The molecule has 0 spiro atoms. The Balaban J connectivity index is 0.000000705. The highest BCUT2D eigenvalue weighted by atomic mass is 35.5. The number of methoxy groups -OCH3 is 1. The fraction of sp³-hybridized carbons (Fsp3) is 0.556. The maximum Gasteiger partial charge on any atom is 0.503 e. The first-order valence-corrected chi connectivity index (χ1v) is 8.77. The van der Waals surface area contributed by atoms with Gasteiger partial charge < -0.3 is 20.3 Å². The van der Waals surface area contributed by atoms with Crippen LogP contribution >= 0.6 is 11.6 Å². The van der Waals surface area contributed by atoms with Crippen molar-refractivity contribution in [3.05, 3.63) is 28.8 Å². The van der Waals surface area contributed by atoms with E-state index in [0.717, 1.165) is 24.3 Å².